The molecule has 2 aromatic carbocycles. The van der Waals surface area contributed by atoms with Crippen LogP contribution in [0.2, 0.25) is 5.02 Å². The summed E-state index contributed by atoms with van der Waals surface area (Å²) < 4.78 is 13.6. The van der Waals surface area contributed by atoms with E-state index in [4.69, 9.17) is 11.6 Å². The van der Waals surface area contributed by atoms with Gasteiger partial charge in [0.15, 0.2) is 6.54 Å². The zero-order valence-electron chi connectivity index (χ0n) is 15.3. The second-order valence-electron chi connectivity index (χ2n) is 6.63. The van der Waals surface area contributed by atoms with E-state index in [2.05, 4.69) is 5.32 Å². The lowest BCUT2D eigenvalue weighted by atomic mass is 10.2. The van der Waals surface area contributed by atoms with Crippen LogP contribution in [0.25, 0.3) is 6.08 Å². The van der Waals surface area contributed by atoms with Crippen LogP contribution >= 0.6 is 11.6 Å². The molecule has 0 aliphatic carbocycles. The fourth-order valence-corrected chi connectivity index (χ4v) is 3.26. The Morgan fingerprint density at radius 1 is 1.11 bits per heavy atom. The number of hydrogen-bond acceptors (Lipinski definition) is 2. The Morgan fingerprint density at radius 2 is 1.79 bits per heavy atom. The summed E-state index contributed by atoms with van der Waals surface area (Å²) in [7, 11) is 0. The number of quaternary nitrogens is 1. The molecule has 1 heterocycles. The SMILES string of the molecule is O=C(C[NH+]1CCN(C(=O)/C=C/c2ccccc2F)CC1)Nc1ccccc1Cl. The quantitative estimate of drug-likeness (QED) is 0.750. The van der Waals surface area contributed by atoms with Crippen LogP contribution in [0.15, 0.2) is 54.6 Å². The molecule has 2 amide bonds. The van der Waals surface area contributed by atoms with Gasteiger partial charge < -0.3 is 15.1 Å². The normalized spacial score (nSPS) is 15.0. The highest BCUT2D eigenvalue weighted by Crippen LogP contribution is 2.19. The van der Waals surface area contributed by atoms with E-state index in [1.165, 1.54) is 18.2 Å². The molecule has 0 aromatic heterocycles. The molecule has 3 rings (SSSR count). The van der Waals surface area contributed by atoms with Crippen LogP contribution in [0.1, 0.15) is 5.56 Å². The van der Waals surface area contributed by atoms with Crippen LogP contribution in [0.5, 0.6) is 0 Å². The maximum atomic E-state index is 13.6. The number of amides is 2. The number of nitrogens with one attached hydrogen (secondary N) is 2. The lowest BCUT2D eigenvalue weighted by molar-refractivity contribution is -0.895. The van der Waals surface area contributed by atoms with Gasteiger partial charge >= 0.3 is 0 Å². The largest absolute Gasteiger partial charge is 0.328 e. The zero-order chi connectivity index (χ0) is 19.9. The van der Waals surface area contributed by atoms with Gasteiger partial charge in [0.2, 0.25) is 5.91 Å². The number of carbonyl (C=O) groups excluding carboxylic acids is 2. The summed E-state index contributed by atoms with van der Waals surface area (Å²) in [5, 5.41) is 3.32. The molecule has 2 N–H and O–H groups in total. The van der Waals surface area contributed by atoms with Crippen LogP contribution in [0.3, 0.4) is 0 Å². The molecular formula is C21H22ClFN3O2+. The molecule has 1 aliphatic rings. The van der Waals surface area contributed by atoms with Crippen LogP contribution in [0, 0.1) is 5.82 Å². The highest BCUT2D eigenvalue weighted by atomic mass is 35.5. The van der Waals surface area contributed by atoms with E-state index in [-0.39, 0.29) is 17.6 Å². The molecule has 28 heavy (non-hydrogen) atoms. The monoisotopic (exact) mass is 402 g/mol. The van der Waals surface area contributed by atoms with Crippen LogP contribution in [-0.2, 0) is 9.59 Å². The molecule has 0 radical (unpaired) electrons. The molecule has 0 unspecified atom stereocenters. The van der Waals surface area contributed by atoms with E-state index < -0.39 is 0 Å². The number of nitrogens with zero attached hydrogens (tertiary/aromatic N) is 1. The van der Waals surface area contributed by atoms with Crippen molar-refractivity contribution in [3.05, 3.63) is 71.0 Å². The number of anilines is 1. The second-order valence-corrected chi connectivity index (χ2v) is 7.04. The van der Waals surface area contributed by atoms with Gasteiger partial charge in [-0.2, -0.15) is 0 Å². The first-order chi connectivity index (χ1) is 13.5. The molecule has 0 spiro atoms. The lowest BCUT2D eigenvalue weighted by Crippen LogP contribution is -3.15. The van der Waals surface area contributed by atoms with Gasteiger partial charge in [-0.05, 0) is 24.3 Å². The maximum Gasteiger partial charge on any atom is 0.279 e. The average Bonchev–Trinajstić information content (AvgIpc) is 2.69. The minimum atomic E-state index is -0.356. The highest BCUT2D eigenvalue weighted by Gasteiger charge is 2.24. The molecule has 2 aromatic rings. The van der Waals surface area contributed by atoms with Crippen molar-refractivity contribution in [2.24, 2.45) is 0 Å². The van der Waals surface area contributed by atoms with Crippen LogP contribution in [-0.4, -0.2) is 49.4 Å². The minimum Gasteiger partial charge on any atom is -0.328 e. The van der Waals surface area contributed by atoms with Gasteiger partial charge in [0.1, 0.15) is 5.82 Å². The number of benzene rings is 2. The van der Waals surface area contributed by atoms with Crippen LogP contribution < -0.4 is 10.2 Å². The van der Waals surface area contributed by atoms with Gasteiger partial charge in [0, 0.05) is 11.6 Å². The lowest BCUT2D eigenvalue weighted by Gasteiger charge is -2.31. The van der Waals surface area contributed by atoms with E-state index >= 15 is 0 Å². The van der Waals surface area contributed by atoms with E-state index in [0.717, 1.165) is 4.90 Å². The van der Waals surface area contributed by atoms with Crippen molar-refractivity contribution >= 4 is 35.2 Å². The number of piperazine rings is 1. The summed E-state index contributed by atoms with van der Waals surface area (Å²) in [6, 6.07) is 13.4. The van der Waals surface area contributed by atoms with Gasteiger partial charge in [-0.1, -0.05) is 41.9 Å². The molecule has 1 saturated heterocycles. The van der Waals surface area contributed by atoms with Gasteiger partial charge in [-0.25, -0.2) is 4.39 Å². The summed E-state index contributed by atoms with van der Waals surface area (Å²) >= 11 is 6.05. The summed E-state index contributed by atoms with van der Waals surface area (Å²) in [6.45, 7) is 2.77. The smallest absolute Gasteiger partial charge is 0.279 e. The molecular weight excluding hydrogens is 381 g/mol. The van der Waals surface area contributed by atoms with Crippen molar-refractivity contribution in [1.29, 1.82) is 0 Å². The molecule has 1 aliphatic heterocycles. The third-order valence-corrected chi connectivity index (χ3v) is 4.98. The van der Waals surface area contributed by atoms with Gasteiger partial charge in [0.05, 0.1) is 36.9 Å². The van der Waals surface area contributed by atoms with E-state index in [1.807, 2.05) is 6.07 Å². The minimum absolute atomic E-state index is 0.109. The number of carbonyl (C=O) groups is 2. The van der Waals surface area contributed by atoms with Crippen molar-refractivity contribution in [2.75, 3.05) is 38.0 Å². The molecule has 146 valence electrons. The molecule has 0 atom stereocenters. The zero-order valence-corrected chi connectivity index (χ0v) is 16.1. The molecule has 7 heteroatoms. The van der Waals surface area contributed by atoms with Crippen molar-refractivity contribution in [3.8, 4) is 0 Å². The Bertz CT molecular complexity index is 879. The first kappa shape index (κ1) is 20.0. The molecule has 0 bridgehead atoms. The standard InChI is InChI=1S/C21H21ClFN3O2/c22-17-6-2-4-8-19(17)24-20(27)15-25-11-13-26(14-12-25)21(28)10-9-16-5-1-3-7-18(16)23/h1-10H,11-15H2,(H,24,27)/p+1/b10-9+. The average molecular weight is 403 g/mol. The predicted molar refractivity (Wildman–Crippen MR) is 108 cm³/mol. The topological polar surface area (TPSA) is 53.9 Å². The van der Waals surface area contributed by atoms with Gasteiger partial charge in [-0.3, -0.25) is 9.59 Å². The Morgan fingerprint density at radius 3 is 2.50 bits per heavy atom. The van der Waals surface area contributed by atoms with Gasteiger partial charge in [-0.15, -0.1) is 0 Å². The van der Waals surface area contributed by atoms with Crippen molar-refractivity contribution in [1.82, 2.24) is 4.90 Å². The highest BCUT2D eigenvalue weighted by molar-refractivity contribution is 6.33. The predicted octanol–water partition coefficient (Wildman–Crippen LogP) is 1.86. The summed E-state index contributed by atoms with van der Waals surface area (Å²) in [5.41, 5.74) is 0.983. The molecule has 5 nitrogen and oxygen atoms in total. The van der Waals surface area contributed by atoms with Gasteiger partial charge in [0.25, 0.3) is 5.91 Å². The first-order valence-corrected chi connectivity index (χ1v) is 9.50. The first-order valence-electron chi connectivity index (χ1n) is 9.12. The summed E-state index contributed by atoms with van der Waals surface area (Å²) in [4.78, 5) is 27.3. The third-order valence-electron chi connectivity index (χ3n) is 4.65. The number of halogens is 2. The Kier molecular flexibility index (Phi) is 6.79. The number of rotatable bonds is 5. The summed E-state index contributed by atoms with van der Waals surface area (Å²) in [5.74, 6) is -0.615. The Hall–Kier alpha value is -2.70. The fraction of sp³-hybridized carbons (Fsp3) is 0.238. The van der Waals surface area contributed by atoms with Crippen molar-refractivity contribution in [2.45, 2.75) is 0 Å². The Labute approximate surface area is 168 Å². The Balaban J connectivity index is 1.46. The second kappa shape index (κ2) is 9.48. The molecule has 1 fully saturated rings. The van der Waals surface area contributed by atoms with E-state index in [9.17, 15) is 14.0 Å². The maximum absolute atomic E-state index is 13.6. The molecule has 0 saturated carbocycles. The van der Waals surface area contributed by atoms with Crippen LogP contribution in [0.4, 0.5) is 10.1 Å². The van der Waals surface area contributed by atoms with Crippen molar-refractivity contribution in [3.63, 3.8) is 0 Å². The van der Waals surface area contributed by atoms with Crippen molar-refractivity contribution < 1.29 is 18.9 Å². The summed E-state index contributed by atoms with van der Waals surface area (Å²) in [6.07, 6.45) is 2.89. The number of hydrogen-bond donors (Lipinski definition) is 2. The van der Waals surface area contributed by atoms with E-state index in [0.29, 0.717) is 49.0 Å². The van der Waals surface area contributed by atoms with E-state index in [1.54, 1.807) is 41.3 Å². The fourth-order valence-electron chi connectivity index (χ4n) is 3.08. The third kappa shape index (κ3) is 5.41. The number of para-hydroxylation sites is 1.